The molecule has 0 spiro atoms. The fraction of sp³-hybridized carbons (Fsp3) is 0.400. The van der Waals surface area contributed by atoms with Gasteiger partial charge < -0.3 is 4.74 Å². The highest BCUT2D eigenvalue weighted by Crippen LogP contribution is 2.23. The number of hydrogen-bond acceptors (Lipinski definition) is 6. The number of carbonyl (C=O) groups excluding carboxylic acids is 3. The van der Waals surface area contributed by atoms with Crippen molar-refractivity contribution in [2.75, 3.05) is 19.7 Å². The van der Waals surface area contributed by atoms with E-state index in [-0.39, 0.29) is 15.9 Å². The number of imide groups is 1. The predicted octanol–water partition coefficient (Wildman–Crippen LogP) is 3.44. The summed E-state index contributed by atoms with van der Waals surface area (Å²) in [7, 11) is -3.78. The van der Waals surface area contributed by atoms with Gasteiger partial charge in [0.05, 0.1) is 10.5 Å². The molecule has 0 saturated carbocycles. The van der Waals surface area contributed by atoms with E-state index in [0.717, 1.165) is 5.56 Å². The third-order valence-electron chi connectivity index (χ3n) is 5.35. The molecule has 2 aromatic carbocycles. The van der Waals surface area contributed by atoms with E-state index in [9.17, 15) is 22.8 Å². The lowest BCUT2D eigenvalue weighted by atomic mass is 9.87. The third-order valence-corrected chi connectivity index (χ3v) is 7.54. The molecule has 0 radical (unpaired) electrons. The maximum atomic E-state index is 12.9. The van der Waals surface area contributed by atoms with Crippen molar-refractivity contribution in [3.8, 4) is 0 Å². The normalized spacial score (nSPS) is 11.9. The lowest BCUT2D eigenvalue weighted by molar-refractivity contribution is -0.123. The number of ether oxygens (including phenoxy) is 1. The molecule has 0 aromatic heterocycles. The summed E-state index contributed by atoms with van der Waals surface area (Å²) in [6.45, 7) is 11.2. The van der Waals surface area contributed by atoms with Crippen molar-refractivity contribution in [3.63, 3.8) is 0 Å². The van der Waals surface area contributed by atoms with Crippen LogP contribution in [-0.2, 0) is 25.0 Å². The third kappa shape index (κ3) is 6.51. The number of nitrogens with zero attached hydrogens (tertiary/aromatic N) is 1. The van der Waals surface area contributed by atoms with Gasteiger partial charge in [-0.05, 0) is 47.7 Å². The number of carbonyl (C=O) groups is 3. The Morgan fingerprint density at radius 2 is 1.50 bits per heavy atom. The van der Waals surface area contributed by atoms with Crippen molar-refractivity contribution in [2.45, 2.75) is 51.9 Å². The zero-order valence-electron chi connectivity index (χ0n) is 20.5. The van der Waals surface area contributed by atoms with E-state index < -0.39 is 34.4 Å². The molecule has 8 nitrogen and oxygen atoms in total. The van der Waals surface area contributed by atoms with Crippen LogP contribution in [0, 0.1) is 6.92 Å². The molecule has 0 aliphatic heterocycles. The van der Waals surface area contributed by atoms with E-state index in [1.165, 1.54) is 22.5 Å². The van der Waals surface area contributed by atoms with Crippen LogP contribution in [0.25, 0.3) is 0 Å². The molecule has 0 aliphatic rings. The molecular weight excluding hydrogens is 456 g/mol. The van der Waals surface area contributed by atoms with E-state index in [0.29, 0.717) is 24.2 Å². The van der Waals surface area contributed by atoms with Gasteiger partial charge >= 0.3 is 5.97 Å². The first-order chi connectivity index (χ1) is 15.8. The Bertz CT molecular complexity index is 1160. The molecule has 0 aliphatic carbocycles. The molecule has 0 fully saturated rings. The average Bonchev–Trinajstić information content (AvgIpc) is 2.77. The molecule has 0 bridgehead atoms. The monoisotopic (exact) mass is 488 g/mol. The number of aryl methyl sites for hydroxylation is 1. The van der Waals surface area contributed by atoms with Crippen LogP contribution in [0.1, 0.15) is 66.5 Å². The fourth-order valence-corrected chi connectivity index (χ4v) is 4.99. The fourth-order valence-electron chi connectivity index (χ4n) is 3.28. The molecule has 0 heterocycles. The van der Waals surface area contributed by atoms with Crippen LogP contribution in [0.2, 0.25) is 0 Å². The van der Waals surface area contributed by atoms with E-state index in [1.807, 2.05) is 12.1 Å². The van der Waals surface area contributed by atoms with Gasteiger partial charge in [-0.2, -0.15) is 4.31 Å². The zero-order chi connectivity index (χ0) is 25.7. The van der Waals surface area contributed by atoms with Crippen LogP contribution >= 0.6 is 0 Å². The number of hydrogen-bond donors (Lipinski definition) is 1. The highest BCUT2D eigenvalue weighted by atomic mass is 32.2. The van der Waals surface area contributed by atoms with Crippen molar-refractivity contribution < 1.29 is 27.5 Å². The Hall–Kier alpha value is -3.04. The number of rotatable bonds is 8. The first-order valence-electron chi connectivity index (χ1n) is 11.0. The van der Waals surface area contributed by atoms with Gasteiger partial charge in [0.25, 0.3) is 11.8 Å². The van der Waals surface area contributed by atoms with Crippen LogP contribution in [0.3, 0.4) is 0 Å². The van der Waals surface area contributed by atoms with Crippen molar-refractivity contribution in [3.05, 3.63) is 64.7 Å². The Labute approximate surface area is 201 Å². The molecule has 184 valence electrons. The maximum absolute atomic E-state index is 12.9. The minimum Gasteiger partial charge on any atom is -0.452 e. The second kappa shape index (κ2) is 10.9. The maximum Gasteiger partial charge on any atom is 0.338 e. The minimum atomic E-state index is -3.78. The highest BCUT2D eigenvalue weighted by molar-refractivity contribution is 7.89. The highest BCUT2D eigenvalue weighted by Gasteiger charge is 2.25. The van der Waals surface area contributed by atoms with Crippen LogP contribution < -0.4 is 5.32 Å². The number of benzene rings is 2. The van der Waals surface area contributed by atoms with Crippen molar-refractivity contribution >= 4 is 27.8 Å². The summed E-state index contributed by atoms with van der Waals surface area (Å²) in [5.74, 6) is -2.26. The van der Waals surface area contributed by atoms with Crippen LogP contribution in [0.5, 0.6) is 0 Å². The molecule has 0 saturated heterocycles. The molecule has 0 unspecified atom stereocenters. The van der Waals surface area contributed by atoms with Gasteiger partial charge in [-0.15, -0.1) is 0 Å². The topological polar surface area (TPSA) is 110 Å². The van der Waals surface area contributed by atoms with Gasteiger partial charge in [-0.1, -0.05) is 52.8 Å². The minimum absolute atomic E-state index is 0.00369. The standard InChI is InChI=1S/C25H32N2O6S/c1-7-27(8-2)34(31,32)21-15-19(10-9-17(21)3)24(30)33-16-22(28)26-23(29)18-11-13-20(14-12-18)25(4,5)6/h9-15H,7-8,16H2,1-6H3,(H,26,28,29). The molecule has 2 amide bonds. The molecule has 34 heavy (non-hydrogen) atoms. The lowest BCUT2D eigenvalue weighted by Crippen LogP contribution is -2.34. The van der Waals surface area contributed by atoms with E-state index in [1.54, 1.807) is 32.9 Å². The van der Waals surface area contributed by atoms with Crippen LogP contribution in [-0.4, -0.2) is 50.2 Å². The molecular formula is C25H32N2O6S. The van der Waals surface area contributed by atoms with Gasteiger partial charge in [0.1, 0.15) is 0 Å². The first kappa shape index (κ1) is 27.2. The Morgan fingerprint density at radius 3 is 2.03 bits per heavy atom. The summed E-state index contributed by atoms with van der Waals surface area (Å²) in [4.78, 5) is 36.9. The van der Waals surface area contributed by atoms with Crippen LogP contribution in [0.4, 0.5) is 0 Å². The first-order valence-corrected chi connectivity index (χ1v) is 12.5. The SMILES string of the molecule is CCN(CC)S(=O)(=O)c1cc(C(=O)OCC(=O)NC(=O)c2ccc(C(C)(C)C)cc2)ccc1C. The second-order valence-electron chi connectivity index (χ2n) is 8.85. The van der Waals surface area contributed by atoms with Gasteiger partial charge in [0.15, 0.2) is 6.61 Å². The largest absolute Gasteiger partial charge is 0.452 e. The van der Waals surface area contributed by atoms with E-state index >= 15 is 0 Å². The quantitative estimate of drug-likeness (QED) is 0.570. The Morgan fingerprint density at radius 1 is 0.941 bits per heavy atom. The summed E-state index contributed by atoms with van der Waals surface area (Å²) < 4.78 is 32.0. The smallest absolute Gasteiger partial charge is 0.338 e. The molecule has 9 heteroatoms. The van der Waals surface area contributed by atoms with Gasteiger partial charge in [-0.3, -0.25) is 14.9 Å². The zero-order valence-corrected chi connectivity index (χ0v) is 21.3. The summed E-state index contributed by atoms with van der Waals surface area (Å²) in [5.41, 5.74) is 1.76. The summed E-state index contributed by atoms with van der Waals surface area (Å²) in [5, 5.41) is 2.18. The molecule has 2 aromatic rings. The number of amides is 2. The number of sulfonamides is 1. The van der Waals surface area contributed by atoms with Gasteiger partial charge in [0.2, 0.25) is 10.0 Å². The van der Waals surface area contributed by atoms with Gasteiger partial charge in [0, 0.05) is 18.7 Å². The molecule has 1 N–H and O–H groups in total. The summed E-state index contributed by atoms with van der Waals surface area (Å²) >= 11 is 0. The van der Waals surface area contributed by atoms with E-state index in [2.05, 4.69) is 26.1 Å². The van der Waals surface area contributed by atoms with Gasteiger partial charge in [-0.25, -0.2) is 13.2 Å². The summed E-state index contributed by atoms with van der Waals surface area (Å²) in [6, 6.07) is 11.1. The average molecular weight is 489 g/mol. The van der Waals surface area contributed by atoms with Crippen molar-refractivity contribution in [1.29, 1.82) is 0 Å². The number of esters is 1. The lowest BCUT2D eigenvalue weighted by Gasteiger charge is -2.20. The molecule has 2 rings (SSSR count). The molecule has 0 atom stereocenters. The summed E-state index contributed by atoms with van der Waals surface area (Å²) in [6.07, 6.45) is 0. The Balaban J connectivity index is 2.04. The van der Waals surface area contributed by atoms with Crippen molar-refractivity contribution in [1.82, 2.24) is 9.62 Å². The Kier molecular flexibility index (Phi) is 8.74. The van der Waals surface area contributed by atoms with Crippen molar-refractivity contribution in [2.24, 2.45) is 0 Å². The number of nitrogens with one attached hydrogen (secondary N) is 1. The van der Waals surface area contributed by atoms with Crippen LogP contribution in [0.15, 0.2) is 47.4 Å². The second-order valence-corrected chi connectivity index (χ2v) is 10.8. The van der Waals surface area contributed by atoms with E-state index in [4.69, 9.17) is 4.74 Å². The predicted molar refractivity (Wildman–Crippen MR) is 129 cm³/mol.